The van der Waals surface area contributed by atoms with Crippen LogP contribution >= 0.6 is 0 Å². The van der Waals surface area contributed by atoms with Crippen molar-refractivity contribution >= 4 is 12.4 Å². The van der Waals surface area contributed by atoms with Gasteiger partial charge in [-0.2, -0.15) is 0 Å². The Labute approximate surface area is 146 Å². The standard InChI is InChI=1S/C16H22N2O4.CH2O2/c1-17(2)9-16(20)5-6-18(10-16)15(19)8-12-3-4-13-14(7-12)22-11-21-13;2-1-3/h3-4,7,20H,5-6,8-11H2,1-2H3;1H,(H,2,3). The number of benzene rings is 1. The number of ether oxygens (including phenoxy) is 2. The topological polar surface area (TPSA) is 99.5 Å². The molecule has 0 saturated carbocycles. The molecule has 0 radical (unpaired) electrons. The van der Waals surface area contributed by atoms with E-state index in [0.717, 1.165) is 11.3 Å². The van der Waals surface area contributed by atoms with E-state index in [1.807, 2.05) is 37.2 Å². The highest BCUT2D eigenvalue weighted by atomic mass is 16.7. The molecule has 0 aromatic heterocycles. The second kappa shape index (κ2) is 8.17. The molecule has 1 amide bonds. The summed E-state index contributed by atoms with van der Waals surface area (Å²) < 4.78 is 10.6. The van der Waals surface area contributed by atoms with Crippen molar-refractivity contribution in [3.8, 4) is 11.5 Å². The van der Waals surface area contributed by atoms with Crippen molar-refractivity contribution in [1.82, 2.24) is 9.80 Å². The van der Waals surface area contributed by atoms with Crippen molar-refractivity contribution in [2.24, 2.45) is 0 Å². The van der Waals surface area contributed by atoms with Crippen LogP contribution in [0.4, 0.5) is 0 Å². The third-order valence-corrected chi connectivity index (χ3v) is 4.09. The van der Waals surface area contributed by atoms with Gasteiger partial charge >= 0.3 is 0 Å². The largest absolute Gasteiger partial charge is 0.483 e. The molecular formula is C17H24N2O6. The summed E-state index contributed by atoms with van der Waals surface area (Å²) in [5, 5.41) is 17.4. The van der Waals surface area contributed by atoms with Gasteiger partial charge in [0.05, 0.1) is 18.6 Å². The monoisotopic (exact) mass is 352 g/mol. The molecule has 25 heavy (non-hydrogen) atoms. The highest BCUT2D eigenvalue weighted by molar-refractivity contribution is 5.79. The van der Waals surface area contributed by atoms with Crippen LogP contribution in [0.2, 0.25) is 0 Å². The molecule has 3 rings (SSSR count). The SMILES string of the molecule is CN(C)CC1(O)CCN(C(=O)Cc2ccc3c(c2)OCO3)C1.O=CO. The maximum absolute atomic E-state index is 12.4. The van der Waals surface area contributed by atoms with Gasteiger partial charge in [0.2, 0.25) is 12.7 Å². The molecule has 8 nitrogen and oxygen atoms in total. The summed E-state index contributed by atoms with van der Waals surface area (Å²) in [6.45, 7) is 1.56. The minimum Gasteiger partial charge on any atom is -0.483 e. The van der Waals surface area contributed by atoms with Gasteiger partial charge in [-0.15, -0.1) is 0 Å². The Bertz CT molecular complexity index is 621. The van der Waals surface area contributed by atoms with Gasteiger partial charge in [0, 0.05) is 13.1 Å². The van der Waals surface area contributed by atoms with E-state index in [4.69, 9.17) is 19.4 Å². The molecule has 0 aliphatic carbocycles. The second-order valence-corrected chi connectivity index (χ2v) is 6.50. The van der Waals surface area contributed by atoms with Gasteiger partial charge in [0.15, 0.2) is 11.5 Å². The van der Waals surface area contributed by atoms with Crippen LogP contribution in [-0.2, 0) is 16.0 Å². The summed E-state index contributed by atoms with van der Waals surface area (Å²) in [5.41, 5.74) is 0.103. The van der Waals surface area contributed by atoms with Crippen LogP contribution in [0.1, 0.15) is 12.0 Å². The van der Waals surface area contributed by atoms with E-state index >= 15 is 0 Å². The minimum atomic E-state index is -0.798. The molecule has 0 spiro atoms. The number of rotatable bonds is 4. The summed E-state index contributed by atoms with van der Waals surface area (Å²) in [4.78, 5) is 24.5. The maximum Gasteiger partial charge on any atom is 0.290 e. The van der Waals surface area contributed by atoms with Crippen LogP contribution in [0.5, 0.6) is 11.5 Å². The molecule has 8 heteroatoms. The number of amides is 1. The number of aliphatic hydroxyl groups is 1. The molecule has 1 saturated heterocycles. The Morgan fingerprint density at radius 3 is 2.72 bits per heavy atom. The summed E-state index contributed by atoms with van der Waals surface area (Å²) >= 11 is 0. The van der Waals surface area contributed by atoms with Crippen LogP contribution in [0.25, 0.3) is 0 Å². The highest BCUT2D eigenvalue weighted by Gasteiger charge is 2.38. The predicted molar refractivity (Wildman–Crippen MR) is 89.7 cm³/mol. The quantitative estimate of drug-likeness (QED) is 0.746. The van der Waals surface area contributed by atoms with E-state index in [9.17, 15) is 9.90 Å². The summed E-state index contributed by atoms with van der Waals surface area (Å²) in [6, 6.07) is 5.56. The number of hydrogen-bond donors (Lipinski definition) is 2. The molecule has 2 heterocycles. The van der Waals surface area contributed by atoms with Gasteiger partial charge in [0.25, 0.3) is 6.47 Å². The van der Waals surface area contributed by atoms with Gasteiger partial charge < -0.3 is 29.5 Å². The Morgan fingerprint density at radius 1 is 1.36 bits per heavy atom. The molecule has 2 aliphatic rings. The van der Waals surface area contributed by atoms with Crippen molar-refractivity contribution < 1.29 is 29.3 Å². The molecule has 2 aliphatic heterocycles. The van der Waals surface area contributed by atoms with Crippen LogP contribution in [0.3, 0.4) is 0 Å². The molecule has 1 aromatic carbocycles. The van der Waals surface area contributed by atoms with E-state index < -0.39 is 5.60 Å². The average molecular weight is 352 g/mol. The fraction of sp³-hybridized carbons (Fsp3) is 0.529. The number of likely N-dealkylation sites (N-methyl/N-ethyl adjacent to an activating group) is 1. The van der Waals surface area contributed by atoms with E-state index in [-0.39, 0.29) is 19.2 Å². The summed E-state index contributed by atoms with van der Waals surface area (Å²) in [5.74, 6) is 1.45. The van der Waals surface area contributed by atoms with Gasteiger partial charge in [-0.25, -0.2) is 0 Å². The van der Waals surface area contributed by atoms with E-state index in [0.29, 0.717) is 38.2 Å². The number of carboxylic acid groups (broad SMARTS) is 1. The minimum absolute atomic E-state index is 0.0357. The molecule has 138 valence electrons. The van der Waals surface area contributed by atoms with Crippen molar-refractivity contribution in [2.45, 2.75) is 18.4 Å². The lowest BCUT2D eigenvalue weighted by molar-refractivity contribution is -0.130. The predicted octanol–water partition coefficient (Wildman–Crippen LogP) is 0.184. The van der Waals surface area contributed by atoms with Crippen molar-refractivity contribution in [3.63, 3.8) is 0 Å². The lowest BCUT2D eigenvalue weighted by Crippen LogP contribution is -2.43. The Morgan fingerprint density at radius 2 is 2.04 bits per heavy atom. The van der Waals surface area contributed by atoms with Gasteiger partial charge in [-0.1, -0.05) is 6.07 Å². The third kappa shape index (κ3) is 5.07. The van der Waals surface area contributed by atoms with E-state index in [1.165, 1.54) is 0 Å². The first kappa shape index (κ1) is 19.0. The number of β-amino-alcohol motifs (C(OH)–C–C–N with tert-alkyl or cyclic N) is 1. The third-order valence-electron chi connectivity index (χ3n) is 4.09. The number of hydrogen-bond acceptors (Lipinski definition) is 6. The van der Waals surface area contributed by atoms with Gasteiger partial charge in [-0.05, 0) is 38.2 Å². The lowest BCUT2D eigenvalue weighted by Gasteiger charge is -2.26. The highest BCUT2D eigenvalue weighted by Crippen LogP contribution is 2.33. The number of likely N-dealkylation sites (tertiary alicyclic amines) is 1. The molecular weight excluding hydrogens is 328 g/mol. The zero-order valence-corrected chi connectivity index (χ0v) is 14.5. The Kier molecular flexibility index (Phi) is 6.22. The van der Waals surface area contributed by atoms with E-state index in [1.54, 1.807) is 4.90 Å². The smallest absolute Gasteiger partial charge is 0.290 e. The van der Waals surface area contributed by atoms with E-state index in [2.05, 4.69) is 0 Å². The Hall–Kier alpha value is -2.32. The van der Waals surface area contributed by atoms with Gasteiger partial charge in [0.1, 0.15) is 0 Å². The van der Waals surface area contributed by atoms with Crippen LogP contribution in [0, 0.1) is 0 Å². The number of nitrogens with zero attached hydrogens (tertiary/aromatic N) is 2. The molecule has 0 bridgehead atoms. The number of fused-ring (bicyclic) bond motifs is 1. The molecule has 1 fully saturated rings. The normalized spacial score (nSPS) is 21.0. The number of carbonyl (C=O) groups is 2. The lowest BCUT2D eigenvalue weighted by atomic mass is 10.0. The zero-order valence-electron chi connectivity index (χ0n) is 14.5. The van der Waals surface area contributed by atoms with Crippen molar-refractivity contribution in [2.75, 3.05) is 40.5 Å². The van der Waals surface area contributed by atoms with Crippen LogP contribution in [0.15, 0.2) is 18.2 Å². The fourth-order valence-corrected chi connectivity index (χ4v) is 3.12. The van der Waals surface area contributed by atoms with Crippen molar-refractivity contribution in [1.29, 1.82) is 0 Å². The average Bonchev–Trinajstić information content (AvgIpc) is 3.13. The maximum atomic E-state index is 12.4. The van der Waals surface area contributed by atoms with Gasteiger partial charge in [-0.3, -0.25) is 9.59 Å². The van der Waals surface area contributed by atoms with Crippen LogP contribution < -0.4 is 9.47 Å². The van der Waals surface area contributed by atoms with Crippen LogP contribution in [-0.4, -0.2) is 78.5 Å². The van der Waals surface area contributed by atoms with Crippen molar-refractivity contribution in [3.05, 3.63) is 23.8 Å². The summed E-state index contributed by atoms with van der Waals surface area (Å²) in [7, 11) is 3.85. The molecule has 1 atom stereocenters. The zero-order chi connectivity index (χ0) is 18.4. The number of carbonyl (C=O) groups excluding carboxylic acids is 1. The second-order valence-electron chi connectivity index (χ2n) is 6.50. The first-order valence-corrected chi connectivity index (χ1v) is 7.98. The molecule has 2 N–H and O–H groups in total. The fourth-order valence-electron chi connectivity index (χ4n) is 3.12. The molecule has 1 aromatic rings. The first-order valence-electron chi connectivity index (χ1n) is 7.98. The first-order chi connectivity index (χ1) is 11.9. The summed E-state index contributed by atoms with van der Waals surface area (Å²) in [6.07, 6.45) is 0.937. The molecule has 1 unspecified atom stereocenters. The Balaban J connectivity index is 0.000000701.